The van der Waals surface area contributed by atoms with Crippen LogP contribution in [-0.2, 0) is 6.18 Å². The van der Waals surface area contributed by atoms with E-state index in [1.54, 1.807) is 6.07 Å². The predicted octanol–water partition coefficient (Wildman–Crippen LogP) is 4.92. The average Bonchev–Trinajstić information content (AvgIpc) is 2.46. The van der Waals surface area contributed by atoms with Crippen LogP contribution in [0.3, 0.4) is 0 Å². The van der Waals surface area contributed by atoms with Crippen LogP contribution in [0.4, 0.5) is 18.9 Å². The van der Waals surface area contributed by atoms with Crippen molar-refractivity contribution in [3.05, 3.63) is 35.0 Å². The van der Waals surface area contributed by atoms with Crippen LogP contribution in [0, 0.1) is 0 Å². The number of aromatic nitrogens is 1. The zero-order valence-corrected chi connectivity index (χ0v) is 16.6. The maximum absolute atomic E-state index is 13.1. The lowest BCUT2D eigenvalue weighted by atomic mass is 10.1. The van der Waals surface area contributed by atoms with E-state index in [1.807, 2.05) is 5.01 Å². The number of nitrogens with two attached hydrogens (primary N) is 1. The molecule has 2 aromatic rings. The highest BCUT2D eigenvalue weighted by Crippen LogP contribution is 2.34. The molecule has 148 valence electrons. The van der Waals surface area contributed by atoms with Crippen molar-refractivity contribution in [2.45, 2.75) is 25.1 Å². The molecule has 3 rings (SSSR count). The first kappa shape index (κ1) is 25.3. The third-order valence-electron chi connectivity index (χ3n) is 3.80. The molecule has 0 spiro atoms. The van der Waals surface area contributed by atoms with Gasteiger partial charge in [-0.1, -0.05) is 11.6 Å². The number of piperidine rings is 1. The number of rotatable bonds is 2. The summed E-state index contributed by atoms with van der Waals surface area (Å²) in [6.45, 7) is 1.30. The van der Waals surface area contributed by atoms with E-state index in [9.17, 15) is 13.2 Å². The van der Waals surface area contributed by atoms with Crippen LogP contribution >= 0.6 is 48.8 Å². The van der Waals surface area contributed by atoms with Crippen LogP contribution in [0.5, 0.6) is 0 Å². The maximum Gasteiger partial charge on any atom is 0.433 e. The molecule has 26 heavy (non-hydrogen) atoms. The maximum atomic E-state index is 13.1. The zero-order valence-electron chi connectivity index (χ0n) is 13.4. The van der Waals surface area contributed by atoms with Crippen molar-refractivity contribution < 1.29 is 13.2 Å². The molecule has 0 amide bonds. The number of pyridine rings is 1. The molecular formula is C15H19Cl4F3N4. The molecule has 11 heteroatoms. The molecule has 3 N–H and O–H groups in total. The highest BCUT2D eigenvalue weighted by atomic mass is 35.5. The number of hydrazine groups is 1. The molecule has 1 unspecified atom stereocenters. The Morgan fingerprint density at radius 2 is 1.88 bits per heavy atom. The second-order valence-electron chi connectivity index (χ2n) is 5.67. The summed E-state index contributed by atoms with van der Waals surface area (Å²) in [4.78, 5) is 3.69. The van der Waals surface area contributed by atoms with Crippen molar-refractivity contribution in [2.75, 3.05) is 18.5 Å². The molecular weight excluding hydrogens is 435 g/mol. The Morgan fingerprint density at radius 1 is 1.19 bits per heavy atom. The Balaban J connectivity index is 0.00000208. The summed E-state index contributed by atoms with van der Waals surface area (Å²) in [7, 11) is 0. The second-order valence-corrected chi connectivity index (χ2v) is 6.11. The third kappa shape index (κ3) is 5.90. The van der Waals surface area contributed by atoms with Gasteiger partial charge in [0, 0.05) is 29.5 Å². The minimum Gasteiger partial charge on any atom is -0.326 e. The van der Waals surface area contributed by atoms with Crippen molar-refractivity contribution in [2.24, 2.45) is 5.73 Å². The lowest BCUT2D eigenvalue weighted by Crippen LogP contribution is -2.45. The van der Waals surface area contributed by atoms with Gasteiger partial charge in [-0.2, -0.15) is 13.2 Å². The van der Waals surface area contributed by atoms with Crippen molar-refractivity contribution in [1.82, 2.24) is 9.99 Å². The average molecular weight is 454 g/mol. The van der Waals surface area contributed by atoms with Gasteiger partial charge in [-0.25, -0.2) is 9.99 Å². The van der Waals surface area contributed by atoms with Crippen LogP contribution in [0.15, 0.2) is 24.3 Å². The van der Waals surface area contributed by atoms with Gasteiger partial charge < -0.3 is 11.2 Å². The molecule has 0 saturated carbocycles. The first-order valence-corrected chi connectivity index (χ1v) is 7.65. The highest BCUT2D eigenvalue weighted by Gasteiger charge is 2.33. The van der Waals surface area contributed by atoms with Gasteiger partial charge in [-0.15, -0.1) is 37.2 Å². The molecule has 1 saturated heterocycles. The van der Waals surface area contributed by atoms with Crippen molar-refractivity contribution in [1.29, 1.82) is 0 Å². The van der Waals surface area contributed by atoms with Gasteiger partial charge in [0.1, 0.15) is 5.69 Å². The molecule has 2 heterocycles. The number of hydrogen-bond donors (Lipinski definition) is 2. The molecule has 1 fully saturated rings. The van der Waals surface area contributed by atoms with Crippen LogP contribution in [-0.4, -0.2) is 29.1 Å². The first-order chi connectivity index (χ1) is 10.8. The fraction of sp³-hybridized carbons (Fsp3) is 0.400. The summed E-state index contributed by atoms with van der Waals surface area (Å²) in [5, 5.41) is 2.83. The largest absolute Gasteiger partial charge is 0.433 e. The Labute approximate surface area is 172 Å². The Kier molecular flexibility index (Phi) is 9.74. The van der Waals surface area contributed by atoms with Crippen LogP contribution in [0.2, 0.25) is 5.02 Å². The molecule has 4 nitrogen and oxygen atoms in total. The number of nitrogens with zero attached hydrogens (tertiary/aromatic N) is 2. The Hall–Kier alpha value is -0.700. The minimum absolute atomic E-state index is 0. The highest BCUT2D eigenvalue weighted by molar-refractivity contribution is 6.31. The lowest BCUT2D eigenvalue weighted by molar-refractivity contribution is -0.140. The normalized spacial score (nSPS) is 17.7. The van der Waals surface area contributed by atoms with Gasteiger partial charge >= 0.3 is 6.18 Å². The second kappa shape index (κ2) is 10.0. The van der Waals surface area contributed by atoms with Gasteiger partial charge in [0.15, 0.2) is 0 Å². The van der Waals surface area contributed by atoms with Crippen molar-refractivity contribution in [3.63, 3.8) is 0 Å². The number of fused-ring (bicyclic) bond motifs is 1. The number of halogens is 7. The molecule has 1 aliphatic rings. The summed E-state index contributed by atoms with van der Waals surface area (Å²) >= 11 is 5.97. The van der Waals surface area contributed by atoms with Crippen molar-refractivity contribution >= 4 is 65.4 Å². The molecule has 1 aliphatic heterocycles. The summed E-state index contributed by atoms with van der Waals surface area (Å²) in [5.41, 5.74) is 8.61. The Morgan fingerprint density at radius 3 is 2.50 bits per heavy atom. The topological polar surface area (TPSA) is 54.2 Å². The first-order valence-electron chi connectivity index (χ1n) is 7.27. The quantitative estimate of drug-likeness (QED) is 0.677. The molecule has 0 aliphatic carbocycles. The summed E-state index contributed by atoms with van der Waals surface area (Å²) < 4.78 is 39.2. The Bertz CT molecular complexity index is 730. The molecule has 1 atom stereocenters. The monoisotopic (exact) mass is 452 g/mol. The van der Waals surface area contributed by atoms with E-state index >= 15 is 0 Å². The fourth-order valence-electron chi connectivity index (χ4n) is 2.72. The van der Waals surface area contributed by atoms with Crippen LogP contribution < -0.4 is 11.2 Å². The smallest absolute Gasteiger partial charge is 0.326 e. The van der Waals surface area contributed by atoms with Gasteiger partial charge in [-0.05, 0) is 37.1 Å². The molecule has 1 aromatic heterocycles. The van der Waals surface area contributed by atoms with Gasteiger partial charge in [0.05, 0.1) is 11.2 Å². The number of alkyl halides is 3. The number of anilines is 1. The molecule has 0 bridgehead atoms. The van der Waals surface area contributed by atoms with Crippen molar-refractivity contribution in [3.8, 4) is 0 Å². The fourth-order valence-corrected chi connectivity index (χ4v) is 2.89. The SMILES string of the molecule is Cl.Cl.Cl.NC1CCCN(Nc2cc(C(F)(F)F)nc3ccc(Cl)cc23)C1. The van der Waals surface area contributed by atoms with Gasteiger partial charge in [0.2, 0.25) is 0 Å². The van der Waals surface area contributed by atoms with E-state index in [4.69, 9.17) is 17.3 Å². The van der Waals surface area contributed by atoms with Crippen LogP contribution in [0.1, 0.15) is 18.5 Å². The molecule has 1 aromatic carbocycles. The number of hydrogen-bond acceptors (Lipinski definition) is 4. The molecule has 0 radical (unpaired) electrons. The summed E-state index contributed by atoms with van der Waals surface area (Å²) in [6, 6.07) is 5.64. The third-order valence-corrected chi connectivity index (χ3v) is 4.03. The van der Waals surface area contributed by atoms with E-state index in [1.165, 1.54) is 12.1 Å². The van der Waals surface area contributed by atoms with E-state index in [-0.39, 0.29) is 48.8 Å². The standard InChI is InChI=1S/C15H16ClF3N4.3ClH/c16-9-3-4-12-11(6-9)13(7-14(21-12)15(17,18)19)22-23-5-1-2-10(20)8-23;;;/h3-4,6-7,10H,1-2,5,8,20H2,(H,21,22);3*1H. The number of benzene rings is 1. The zero-order chi connectivity index (χ0) is 16.6. The van der Waals surface area contributed by atoms with Gasteiger partial charge in [-0.3, -0.25) is 0 Å². The van der Waals surface area contributed by atoms with Crippen LogP contribution in [0.25, 0.3) is 10.9 Å². The van der Waals surface area contributed by atoms with Gasteiger partial charge in [0.25, 0.3) is 0 Å². The van der Waals surface area contributed by atoms with E-state index in [2.05, 4.69) is 10.4 Å². The van der Waals surface area contributed by atoms with E-state index in [0.29, 0.717) is 22.6 Å². The summed E-state index contributed by atoms with van der Waals surface area (Å²) in [5.74, 6) is 0. The van der Waals surface area contributed by atoms with E-state index < -0.39 is 11.9 Å². The predicted molar refractivity (Wildman–Crippen MR) is 106 cm³/mol. The lowest BCUT2D eigenvalue weighted by Gasteiger charge is -2.32. The van der Waals surface area contributed by atoms with E-state index in [0.717, 1.165) is 25.5 Å². The minimum atomic E-state index is -4.51. The summed E-state index contributed by atoms with van der Waals surface area (Å²) in [6.07, 6.45) is -2.71. The number of nitrogens with one attached hydrogen (secondary N) is 1.